The number of benzene rings is 3. The first-order chi connectivity index (χ1) is 10.8. The number of aromatic hydroxyl groups is 1. The number of rotatable bonds is 2. The van der Waals surface area contributed by atoms with Gasteiger partial charge in [-0.2, -0.15) is 0 Å². The van der Waals surface area contributed by atoms with Crippen LogP contribution in [0.5, 0.6) is 5.75 Å². The van der Waals surface area contributed by atoms with Crippen LogP contribution in [0.3, 0.4) is 0 Å². The van der Waals surface area contributed by atoms with Crippen molar-refractivity contribution in [2.24, 2.45) is 0 Å². The monoisotopic (exact) mass is 303 g/mol. The topological polar surface area (TPSA) is 33.1 Å². The summed E-state index contributed by atoms with van der Waals surface area (Å²) < 4.78 is 1.20. The molecule has 0 radical (unpaired) electrons. The van der Waals surface area contributed by atoms with E-state index in [0.29, 0.717) is 0 Å². The van der Waals surface area contributed by atoms with Crippen molar-refractivity contribution in [3.05, 3.63) is 71.2 Å². The van der Waals surface area contributed by atoms with Crippen LogP contribution in [0.1, 0.15) is 10.6 Å². The third-order valence-electron chi connectivity index (χ3n) is 3.61. The van der Waals surface area contributed by atoms with Crippen LogP contribution in [-0.4, -0.2) is 10.1 Å². The van der Waals surface area contributed by atoms with Gasteiger partial charge in [0, 0.05) is 5.39 Å². The Morgan fingerprint density at radius 3 is 2.55 bits per heavy atom. The Bertz CT molecular complexity index is 983. The number of phenols is 1. The minimum Gasteiger partial charge on any atom is -0.508 e. The Hall–Kier alpha value is -2.65. The molecule has 0 aliphatic carbocycles. The zero-order valence-corrected chi connectivity index (χ0v) is 12.5. The predicted octanol–water partition coefficient (Wildman–Crippen LogP) is 5.33. The van der Waals surface area contributed by atoms with Gasteiger partial charge in [0.2, 0.25) is 0 Å². The molecule has 0 atom stereocenters. The van der Waals surface area contributed by atoms with Gasteiger partial charge in [-0.1, -0.05) is 48.5 Å². The highest BCUT2D eigenvalue weighted by atomic mass is 32.1. The molecule has 0 saturated heterocycles. The normalized spacial score (nSPS) is 11.6. The molecule has 3 aromatic carbocycles. The van der Waals surface area contributed by atoms with Crippen molar-refractivity contribution < 1.29 is 5.11 Å². The molecule has 0 saturated carbocycles. The summed E-state index contributed by atoms with van der Waals surface area (Å²) in [6, 6.07) is 19.7. The summed E-state index contributed by atoms with van der Waals surface area (Å²) in [5.74, 6) is 0.281. The van der Waals surface area contributed by atoms with Gasteiger partial charge in [0.1, 0.15) is 10.8 Å². The highest BCUT2D eigenvalue weighted by Gasteiger charge is 2.05. The first-order valence-corrected chi connectivity index (χ1v) is 7.87. The molecule has 0 unspecified atom stereocenters. The molecular weight excluding hydrogens is 290 g/mol. The van der Waals surface area contributed by atoms with E-state index in [9.17, 15) is 5.11 Å². The molecule has 0 amide bonds. The van der Waals surface area contributed by atoms with E-state index in [1.165, 1.54) is 15.5 Å². The van der Waals surface area contributed by atoms with Crippen LogP contribution in [0.4, 0.5) is 0 Å². The number of thiazole rings is 1. The molecule has 1 heterocycles. The molecule has 1 N–H and O–H groups in total. The lowest BCUT2D eigenvalue weighted by Crippen LogP contribution is -1.75. The summed E-state index contributed by atoms with van der Waals surface area (Å²) in [6.07, 6.45) is 4.03. The quantitative estimate of drug-likeness (QED) is 0.543. The zero-order valence-electron chi connectivity index (χ0n) is 11.7. The Kier molecular flexibility index (Phi) is 3.13. The third-order valence-corrected chi connectivity index (χ3v) is 4.60. The second kappa shape index (κ2) is 5.28. The standard InChI is InChI=1S/C19H13NOS/c21-15-9-5-13(6-10-15)7-12-18-20-19-16-4-2-1-3-14(16)8-11-17(19)22-18/h1-12,21H/b12-7+. The fourth-order valence-electron chi connectivity index (χ4n) is 2.50. The van der Waals surface area contributed by atoms with E-state index in [-0.39, 0.29) is 5.75 Å². The van der Waals surface area contributed by atoms with Crippen LogP contribution in [0.15, 0.2) is 60.7 Å². The molecule has 0 fully saturated rings. The van der Waals surface area contributed by atoms with E-state index >= 15 is 0 Å². The van der Waals surface area contributed by atoms with Crippen molar-refractivity contribution >= 4 is 44.5 Å². The summed E-state index contributed by atoms with van der Waals surface area (Å²) in [6.45, 7) is 0. The van der Waals surface area contributed by atoms with Crippen molar-refractivity contribution in [2.45, 2.75) is 0 Å². The van der Waals surface area contributed by atoms with Crippen LogP contribution in [0.25, 0.3) is 33.1 Å². The fourth-order valence-corrected chi connectivity index (χ4v) is 3.39. The fraction of sp³-hybridized carbons (Fsp3) is 0. The maximum Gasteiger partial charge on any atom is 0.117 e. The van der Waals surface area contributed by atoms with Crippen molar-refractivity contribution in [3.8, 4) is 5.75 Å². The number of nitrogens with zero attached hydrogens (tertiary/aromatic N) is 1. The Morgan fingerprint density at radius 1 is 0.864 bits per heavy atom. The van der Waals surface area contributed by atoms with E-state index in [0.717, 1.165) is 16.1 Å². The smallest absolute Gasteiger partial charge is 0.117 e. The van der Waals surface area contributed by atoms with Crippen molar-refractivity contribution in [1.82, 2.24) is 4.98 Å². The summed E-state index contributed by atoms with van der Waals surface area (Å²) in [4.78, 5) is 4.76. The third kappa shape index (κ3) is 2.36. The molecule has 4 aromatic rings. The summed E-state index contributed by atoms with van der Waals surface area (Å²) in [7, 11) is 0. The molecule has 106 valence electrons. The largest absolute Gasteiger partial charge is 0.508 e. The van der Waals surface area contributed by atoms with E-state index < -0.39 is 0 Å². The average Bonchev–Trinajstić information content (AvgIpc) is 2.98. The van der Waals surface area contributed by atoms with E-state index in [2.05, 4.69) is 24.3 Å². The summed E-state index contributed by atoms with van der Waals surface area (Å²) >= 11 is 1.69. The Morgan fingerprint density at radius 2 is 1.68 bits per heavy atom. The molecule has 3 heteroatoms. The van der Waals surface area contributed by atoms with Crippen molar-refractivity contribution in [3.63, 3.8) is 0 Å². The first kappa shape index (κ1) is 13.0. The second-order valence-electron chi connectivity index (χ2n) is 5.11. The SMILES string of the molecule is Oc1ccc(/C=C/c2nc3c(ccc4ccccc43)s2)cc1. The number of fused-ring (bicyclic) bond motifs is 3. The van der Waals surface area contributed by atoms with Crippen LogP contribution in [0, 0.1) is 0 Å². The highest BCUT2D eigenvalue weighted by Crippen LogP contribution is 2.30. The number of aromatic nitrogens is 1. The first-order valence-electron chi connectivity index (χ1n) is 7.05. The minimum absolute atomic E-state index is 0.281. The van der Waals surface area contributed by atoms with Gasteiger partial charge in [-0.05, 0) is 35.2 Å². The molecule has 0 spiro atoms. The minimum atomic E-state index is 0.281. The van der Waals surface area contributed by atoms with Gasteiger partial charge in [0.15, 0.2) is 0 Å². The van der Waals surface area contributed by atoms with E-state index in [1.54, 1.807) is 23.5 Å². The lowest BCUT2D eigenvalue weighted by atomic mass is 10.1. The molecule has 0 aliphatic heterocycles. The molecule has 4 rings (SSSR count). The van der Waals surface area contributed by atoms with Gasteiger partial charge < -0.3 is 5.11 Å². The number of phenolic OH excluding ortho intramolecular Hbond substituents is 1. The van der Waals surface area contributed by atoms with Gasteiger partial charge >= 0.3 is 0 Å². The molecule has 22 heavy (non-hydrogen) atoms. The molecule has 0 bridgehead atoms. The molecule has 0 aliphatic rings. The summed E-state index contributed by atoms with van der Waals surface area (Å²) in [5.41, 5.74) is 2.11. The van der Waals surface area contributed by atoms with Crippen LogP contribution < -0.4 is 0 Å². The molecule has 2 nitrogen and oxygen atoms in total. The lowest BCUT2D eigenvalue weighted by Gasteiger charge is -1.96. The number of hydrogen-bond donors (Lipinski definition) is 1. The van der Waals surface area contributed by atoms with E-state index in [4.69, 9.17) is 4.98 Å². The van der Waals surface area contributed by atoms with Crippen LogP contribution in [-0.2, 0) is 0 Å². The van der Waals surface area contributed by atoms with Crippen molar-refractivity contribution in [1.29, 1.82) is 0 Å². The maximum atomic E-state index is 9.30. The Balaban J connectivity index is 1.76. The summed E-state index contributed by atoms with van der Waals surface area (Å²) in [5, 5.41) is 12.7. The van der Waals surface area contributed by atoms with Gasteiger partial charge in [-0.3, -0.25) is 0 Å². The zero-order chi connectivity index (χ0) is 14.9. The predicted molar refractivity (Wildman–Crippen MR) is 94.2 cm³/mol. The molecular formula is C19H13NOS. The van der Waals surface area contributed by atoms with Crippen LogP contribution >= 0.6 is 11.3 Å². The van der Waals surface area contributed by atoms with Gasteiger partial charge in [0.05, 0.1) is 10.2 Å². The van der Waals surface area contributed by atoms with Crippen molar-refractivity contribution in [2.75, 3.05) is 0 Å². The van der Waals surface area contributed by atoms with E-state index in [1.807, 2.05) is 36.4 Å². The van der Waals surface area contributed by atoms with Crippen LogP contribution in [0.2, 0.25) is 0 Å². The highest BCUT2D eigenvalue weighted by molar-refractivity contribution is 7.19. The van der Waals surface area contributed by atoms with Gasteiger partial charge in [0.25, 0.3) is 0 Å². The average molecular weight is 303 g/mol. The maximum absolute atomic E-state index is 9.30. The second-order valence-corrected chi connectivity index (χ2v) is 6.17. The molecule has 1 aromatic heterocycles. The Labute approximate surface area is 132 Å². The lowest BCUT2D eigenvalue weighted by molar-refractivity contribution is 0.475. The van der Waals surface area contributed by atoms with Gasteiger partial charge in [-0.25, -0.2) is 4.98 Å². The number of hydrogen-bond acceptors (Lipinski definition) is 3. The van der Waals surface area contributed by atoms with Gasteiger partial charge in [-0.15, -0.1) is 11.3 Å².